The van der Waals surface area contributed by atoms with Crippen LogP contribution in [0.3, 0.4) is 0 Å². The van der Waals surface area contributed by atoms with Gasteiger partial charge in [-0.1, -0.05) is 25.1 Å². The van der Waals surface area contributed by atoms with Crippen LogP contribution in [0.2, 0.25) is 0 Å². The molecule has 20 heavy (non-hydrogen) atoms. The number of anilines is 1. The molecule has 0 saturated carbocycles. The Bertz CT molecular complexity index is 540. The Morgan fingerprint density at radius 1 is 1.20 bits per heavy atom. The minimum Gasteiger partial charge on any atom is -0.355 e. The van der Waals surface area contributed by atoms with Crippen LogP contribution in [0.4, 0.5) is 10.2 Å². The summed E-state index contributed by atoms with van der Waals surface area (Å²) >= 11 is 0. The lowest BCUT2D eigenvalue weighted by Crippen LogP contribution is -2.21. The van der Waals surface area contributed by atoms with E-state index in [1.807, 2.05) is 13.1 Å². The minimum absolute atomic E-state index is 0.206. The summed E-state index contributed by atoms with van der Waals surface area (Å²) in [7, 11) is 2.00. The third-order valence-corrected chi connectivity index (χ3v) is 3.13. The molecule has 0 atom stereocenters. The number of aromatic nitrogens is 1. The van der Waals surface area contributed by atoms with Crippen molar-refractivity contribution in [2.45, 2.75) is 20.0 Å². The molecule has 3 nitrogen and oxygen atoms in total. The first-order chi connectivity index (χ1) is 9.70. The highest BCUT2D eigenvalue weighted by molar-refractivity contribution is 5.46. The van der Waals surface area contributed by atoms with E-state index in [1.165, 1.54) is 17.7 Å². The SMILES string of the molecule is CCNCc1cccnc1N(C)Cc1ccc(F)cc1. The summed E-state index contributed by atoms with van der Waals surface area (Å²) in [6, 6.07) is 10.6. The van der Waals surface area contributed by atoms with Gasteiger partial charge in [-0.2, -0.15) is 0 Å². The van der Waals surface area contributed by atoms with Crippen molar-refractivity contribution in [1.82, 2.24) is 10.3 Å². The monoisotopic (exact) mass is 273 g/mol. The third kappa shape index (κ3) is 3.78. The predicted octanol–water partition coefficient (Wildman–Crippen LogP) is 2.97. The summed E-state index contributed by atoms with van der Waals surface area (Å²) in [5.74, 6) is 0.750. The van der Waals surface area contributed by atoms with Gasteiger partial charge < -0.3 is 10.2 Å². The Labute approximate surface area is 119 Å². The van der Waals surface area contributed by atoms with Gasteiger partial charge in [-0.05, 0) is 30.3 Å². The van der Waals surface area contributed by atoms with Crippen LogP contribution >= 0.6 is 0 Å². The van der Waals surface area contributed by atoms with E-state index in [2.05, 4.69) is 28.2 Å². The molecule has 1 heterocycles. The number of nitrogens with one attached hydrogen (secondary N) is 1. The number of nitrogens with zero attached hydrogens (tertiary/aromatic N) is 2. The maximum absolute atomic E-state index is 12.9. The van der Waals surface area contributed by atoms with Crippen LogP contribution in [0.5, 0.6) is 0 Å². The molecule has 0 spiro atoms. The maximum Gasteiger partial charge on any atom is 0.133 e. The molecule has 0 aliphatic carbocycles. The van der Waals surface area contributed by atoms with E-state index in [0.717, 1.165) is 24.5 Å². The first kappa shape index (κ1) is 14.5. The van der Waals surface area contributed by atoms with Gasteiger partial charge in [-0.3, -0.25) is 0 Å². The molecular formula is C16H20FN3. The fourth-order valence-electron chi connectivity index (χ4n) is 2.11. The first-order valence-electron chi connectivity index (χ1n) is 6.81. The Balaban J connectivity index is 2.12. The van der Waals surface area contributed by atoms with Crippen molar-refractivity contribution in [2.24, 2.45) is 0 Å². The molecule has 1 N–H and O–H groups in total. The number of halogens is 1. The molecule has 0 aliphatic rings. The molecule has 2 rings (SSSR count). The van der Waals surface area contributed by atoms with E-state index >= 15 is 0 Å². The first-order valence-corrected chi connectivity index (χ1v) is 6.81. The third-order valence-electron chi connectivity index (χ3n) is 3.13. The van der Waals surface area contributed by atoms with Crippen molar-refractivity contribution in [3.05, 3.63) is 59.5 Å². The summed E-state index contributed by atoms with van der Waals surface area (Å²) in [4.78, 5) is 6.54. The minimum atomic E-state index is -0.206. The summed E-state index contributed by atoms with van der Waals surface area (Å²) < 4.78 is 12.9. The largest absolute Gasteiger partial charge is 0.355 e. The lowest BCUT2D eigenvalue weighted by molar-refractivity contribution is 0.627. The van der Waals surface area contributed by atoms with Crippen LogP contribution in [0, 0.1) is 5.82 Å². The van der Waals surface area contributed by atoms with Crippen LogP contribution in [-0.2, 0) is 13.1 Å². The number of benzene rings is 1. The van der Waals surface area contributed by atoms with Gasteiger partial charge in [0, 0.05) is 31.9 Å². The van der Waals surface area contributed by atoms with Gasteiger partial charge >= 0.3 is 0 Å². The van der Waals surface area contributed by atoms with Crippen LogP contribution in [0.25, 0.3) is 0 Å². The lowest BCUT2D eigenvalue weighted by atomic mass is 10.2. The fraction of sp³-hybridized carbons (Fsp3) is 0.312. The Kier molecular flexibility index (Phi) is 5.07. The zero-order valence-electron chi connectivity index (χ0n) is 11.9. The Morgan fingerprint density at radius 2 is 1.95 bits per heavy atom. The molecule has 106 valence electrons. The van der Waals surface area contributed by atoms with Crippen molar-refractivity contribution in [2.75, 3.05) is 18.5 Å². The van der Waals surface area contributed by atoms with E-state index in [-0.39, 0.29) is 5.82 Å². The fourth-order valence-corrected chi connectivity index (χ4v) is 2.11. The molecule has 1 aromatic carbocycles. The zero-order valence-corrected chi connectivity index (χ0v) is 11.9. The average molecular weight is 273 g/mol. The highest BCUT2D eigenvalue weighted by Crippen LogP contribution is 2.18. The van der Waals surface area contributed by atoms with Gasteiger partial charge in [0.25, 0.3) is 0 Å². The highest BCUT2D eigenvalue weighted by Gasteiger charge is 2.08. The number of rotatable bonds is 6. The molecule has 0 unspecified atom stereocenters. The molecule has 0 saturated heterocycles. The van der Waals surface area contributed by atoms with Gasteiger partial charge in [0.2, 0.25) is 0 Å². The summed E-state index contributed by atoms with van der Waals surface area (Å²) in [6.45, 7) is 4.51. The Hall–Kier alpha value is -1.94. The molecule has 0 amide bonds. The average Bonchev–Trinajstić information content (AvgIpc) is 2.47. The van der Waals surface area contributed by atoms with E-state index in [1.54, 1.807) is 18.3 Å². The second kappa shape index (κ2) is 7.01. The summed E-state index contributed by atoms with van der Waals surface area (Å²) in [6.07, 6.45) is 1.80. The molecule has 0 radical (unpaired) electrons. The van der Waals surface area contributed by atoms with Crippen LogP contribution in [0.15, 0.2) is 42.6 Å². The normalized spacial score (nSPS) is 10.6. The van der Waals surface area contributed by atoms with Gasteiger partial charge in [-0.15, -0.1) is 0 Å². The van der Waals surface area contributed by atoms with E-state index in [9.17, 15) is 4.39 Å². The lowest BCUT2D eigenvalue weighted by Gasteiger charge is -2.21. The van der Waals surface area contributed by atoms with Crippen molar-refractivity contribution in [3.8, 4) is 0 Å². The number of pyridine rings is 1. The summed E-state index contributed by atoms with van der Waals surface area (Å²) in [5.41, 5.74) is 2.23. The second-order valence-corrected chi connectivity index (χ2v) is 4.75. The number of hydrogen-bond acceptors (Lipinski definition) is 3. The van der Waals surface area contributed by atoms with Crippen molar-refractivity contribution in [1.29, 1.82) is 0 Å². The molecule has 1 aromatic heterocycles. The molecule has 0 bridgehead atoms. The highest BCUT2D eigenvalue weighted by atomic mass is 19.1. The topological polar surface area (TPSA) is 28.2 Å². The van der Waals surface area contributed by atoms with Gasteiger partial charge in [0.05, 0.1) is 0 Å². The van der Waals surface area contributed by atoms with Gasteiger partial charge in [-0.25, -0.2) is 9.37 Å². The Morgan fingerprint density at radius 3 is 2.65 bits per heavy atom. The second-order valence-electron chi connectivity index (χ2n) is 4.75. The molecule has 2 aromatic rings. The van der Waals surface area contributed by atoms with Crippen LogP contribution < -0.4 is 10.2 Å². The molecule has 4 heteroatoms. The van der Waals surface area contributed by atoms with Crippen molar-refractivity contribution in [3.63, 3.8) is 0 Å². The van der Waals surface area contributed by atoms with Gasteiger partial charge in [0.1, 0.15) is 11.6 Å². The van der Waals surface area contributed by atoms with Gasteiger partial charge in [0.15, 0.2) is 0 Å². The standard InChI is InChI=1S/C16H20FN3/c1-3-18-11-14-5-4-10-19-16(14)20(2)12-13-6-8-15(17)9-7-13/h4-10,18H,3,11-12H2,1-2H3. The smallest absolute Gasteiger partial charge is 0.133 e. The predicted molar refractivity (Wildman–Crippen MR) is 80.1 cm³/mol. The maximum atomic E-state index is 12.9. The molecule has 0 aliphatic heterocycles. The molecular weight excluding hydrogens is 253 g/mol. The van der Waals surface area contributed by atoms with Crippen LogP contribution in [-0.4, -0.2) is 18.6 Å². The van der Waals surface area contributed by atoms with E-state index in [0.29, 0.717) is 6.54 Å². The summed E-state index contributed by atoms with van der Waals surface area (Å²) in [5, 5.41) is 3.31. The zero-order chi connectivity index (χ0) is 14.4. The van der Waals surface area contributed by atoms with Crippen molar-refractivity contribution < 1.29 is 4.39 Å². The quantitative estimate of drug-likeness (QED) is 0.877. The van der Waals surface area contributed by atoms with E-state index < -0.39 is 0 Å². The van der Waals surface area contributed by atoms with E-state index in [4.69, 9.17) is 0 Å². The van der Waals surface area contributed by atoms with Crippen molar-refractivity contribution >= 4 is 5.82 Å². The number of hydrogen-bond donors (Lipinski definition) is 1. The van der Waals surface area contributed by atoms with Crippen LogP contribution in [0.1, 0.15) is 18.1 Å². The molecule has 0 fully saturated rings.